The topological polar surface area (TPSA) is 198 Å². The van der Waals surface area contributed by atoms with Crippen molar-refractivity contribution in [2.75, 3.05) is 45.1 Å². The van der Waals surface area contributed by atoms with Crippen molar-refractivity contribution in [2.24, 2.45) is 0 Å². The first-order chi connectivity index (χ1) is 22.9. The predicted molar refractivity (Wildman–Crippen MR) is 181 cm³/mol. The number of aromatic hydroxyl groups is 1. The fourth-order valence-electron chi connectivity index (χ4n) is 7.26. The lowest BCUT2D eigenvalue weighted by Gasteiger charge is -2.27. The maximum Gasteiger partial charge on any atom is 0.322 e. The highest BCUT2D eigenvalue weighted by Crippen LogP contribution is 2.58. The van der Waals surface area contributed by atoms with Crippen molar-refractivity contribution < 1.29 is 43.9 Å². The number of phenolic OH excluding ortho intramolecular Hbond substituents is 1. The van der Waals surface area contributed by atoms with E-state index in [9.17, 15) is 39.3 Å². The number of ether oxygens (including phenoxy) is 3. The van der Waals surface area contributed by atoms with Gasteiger partial charge in [-0.1, -0.05) is 11.6 Å². The molecule has 1 aliphatic rings. The number of fused-ring (bicyclic) bond motifs is 1. The first-order valence-corrected chi connectivity index (χ1v) is 15.0. The van der Waals surface area contributed by atoms with Crippen LogP contribution in [-0.4, -0.2) is 67.5 Å². The van der Waals surface area contributed by atoms with Gasteiger partial charge in [0.05, 0.1) is 49.4 Å². The molecule has 13 heteroatoms. The van der Waals surface area contributed by atoms with Crippen LogP contribution in [0.3, 0.4) is 0 Å². The van der Waals surface area contributed by atoms with Crippen LogP contribution in [0, 0.1) is 0 Å². The van der Waals surface area contributed by atoms with Gasteiger partial charge in [0.1, 0.15) is 29.6 Å². The number of carbonyl (C=O) groups is 3. The predicted octanol–water partition coefficient (Wildman–Crippen LogP) is 4.49. The van der Waals surface area contributed by atoms with Gasteiger partial charge in [-0.25, -0.2) is 0 Å². The molecule has 0 saturated carbocycles. The number of carboxylic acid groups (broad SMARTS) is 2. The maximum atomic E-state index is 14.1. The smallest absolute Gasteiger partial charge is 0.322 e. The second-order valence-electron chi connectivity index (χ2n) is 11.7. The highest BCUT2D eigenvalue weighted by molar-refractivity contribution is 6.40. The lowest BCUT2D eigenvalue weighted by atomic mass is 9.80. The number of carbonyl (C=O) groups excluding carboxylic acids is 1. The molecule has 5 aromatic carbocycles. The van der Waals surface area contributed by atoms with Crippen LogP contribution in [0.4, 0.5) is 11.4 Å². The molecule has 0 fully saturated rings. The number of hydrogen-bond acceptors (Lipinski definition) is 11. The Hall–Kier alpha value is -5.85. The van der Waals surface area contributed by atoms with E-state index in [2.05, 4.69) is 10.6 Å². The molecule has 13 nitrogen and oxygen atoms in total. The minimum absolute atomic E-state index is 0.0423. The molecule has 48 heavy (non-hydrogen) atoms. The summed E-state index contributed by atoms with van der Waals surface area (Å²) in [5.74, 6) is -3.51. The van der Waals surface area contributed by atoms with Crippen LogP contribution >= 0.6 is 0 Å². The summed E-state index contributed by atoms with van der Waals surface area (Å²) in [7, 11) is 4.16. The molecule has 5 N–H and O–H groups in total. The summed E-state index contributed by atoms with van der Waals surface area (Å²) in [5.41, 5.74) is 0.302. The van der Waals surface area contributed by atoms with Gasteiger partial charge in [0.2, 0.25) is 0 Å². The van der Waals surface area contributed by atoms with Crippen LogP contribution in [0.5, 0.6) is 23.0 Å². The molecule has 0 amide bonds. The van der Waals surface area contributed by atoms with Gasteiger partial charge in [0, 0.05) is 63.2 Å². The number of ketones is 1. The van der Waals surface area contributed by atoms with Gasteiger partial charge in [-0.15, -0.1) is 0 Å². The number of phenols is 1. The zero-order chi connectivity index (χ0) is 34.8. The van der Waals surface area contributed by atoms with E-state index in [0.29, 0.717) is 43.6 Å². The summed E-state index contributed by atoms with van der Waals surface area (Å²) in [5, 5.41) is 38.6. The van der Waals surface area contributed by atoms with E-state index in [1.165, 1.54) is 40.4 Å². The highest BCUT2D eigenvalue weighted by atomic mass is 16.5. The average molecular weight is 657 g/mol. The van der Waals surface area contributed by atoms with E-state index < -0.39 is 41.0 Å². The van der Waals surface area contributed by atoms with E-state index >= 15 is 0 Å². The first-order valence-electron chi connectivity index (χ1n) is 15.0. The van der Waals surface area contributed by atoms with Crippen molar-refractivity contribution in [3.05, 3.63) is 49.3 Å². The molecule has 5 aromatic rings. The molecule has 0 heterocycles. The molecule has 0 saturated heterocycles. The summed E-state index contributed by atoms with van der Waals surface area (Å²) in [6.45, 7) is 2.66. The van der Waals surface area contributed by atoms with Crippen molar-refractivity contribution in [1.82, 2.24) is 0 Å². The number of allylic oxidation sites excluding steroid dienone is 1. The number of aliphatic carboxylic acids is 2. The van der Waals surface area contributed by atoms with Crippen molar-refractivity contribution in [1.29, 1.82) is 0 Å². The van der Waals surface area contributed by atoms with Crippen LogP contribution in [0.15, 0.2) is 27.3 Å². The Balaban J connectivity index is 2.01. The monoisotopic (exact) mass is 656 g/mol. The first kappa shape index (κ1) is 32.1. The Bertz CT molecular complexity index is 2360. The van der Waals surface area contributed by atoms with E-state index in [1.54, 1.807) is 13.0 Å². The Morgan fingerprint density at radius 2 is 1.38 bits per heavy atom. The number of methoxy groups -OCH3 is 3. The summed E-state index contributed by atoms with van der Waals surface area (Å²) in [4.78, 5) is 64.5. The van der Waals surface area contributed by atoms with Crippen molar-refractivity contribution >= 4 is 78.3 Å². The van der Waals surface area contributed by atoms with Gasteiger partial charge in [0.25, 0.3) is 0 Å². The Kier molecular flexibility index (Phi) is 7.86. The van der Waals surface area contributed by atoms with Crippen molar-refractivity contribution in [3.63, 3.8) is 0 Å². The molecule has 1 unspecified atom stereocenters. The van der Waals surface area contributed by atoms with Crippen LogP contribution in [-0.2, 0) is 14.4 Å². The summed E-state index contributed by atoms with van der Waals surface area (Å²) >= 11 is 0. The molecule has 0 aliphatic heterocycles. The second-order valence-corrected chi connectivity index (χ2v) is 11.7. The number of anilines is 2. The quantitative estimate of drug-likeness (QED) is 0.0545. The molecule has 1 aliphatic carbocycles. The molecular formula is C35H32N2O11. The Labute approximate surface area is 272 Å². The highest BCUT2D eigenvalue weighted by Gasteiger charge is 2.37. The summed E-state index contributed by atoms with van der Waals surface area (Å²) in [6, 6.07) is 2.50. The van der Waals surface area contributed by atoms with Gasteiger partial charge in [-0.2, -0.15) is 0 Å². The van der Waals surface area contributed by atoms with E-state index in [0.717, 1.165) is 0 Å². The van der Waals surface area contributed by atoms with Gasteiger partial charge in [-0.3, -0.25) is 24.0 Å². The van der Waals surface area contributed by atoms with Gasteiger partial charge < -0.3 is 40.2 Å². The van der Waals surface area contributed by atoms with Gasteiger partial charge >= 0.3 is 11.9 Å². The molecule has 0 radical (unpaired) electrons. The third-order valence-corrected chi connectivity index (χ3v) is 8.97. The van der Waals surface area contributed by atoms with Crippen molar-refractivity contribution in [2.45, 2.75) is 32.6 Å². The lowest BCUT2D eigenvalue weighted by molar-refractivity contribution is -0.137. The molecule has 248 valence electrons. The Morgan fingerprint density at radius 3 is 1.92 bits per heavy atom. The molecule has 6 rings (SSSR count). The number of carboxylic acids is 2. The second kappa shape index (κ2) is 11.7. The van der Waals surface area contributed by atoms with E-state index in [1.807, 2.05) is 0 Å². The molecule has 0 aromatic heterocycles. The van der Waals surface area contributed by atoms with Gasteiger partial charge in [0.15, 0.2) is 16.6 Å². The van der Waals surface area contributed by atoms with Crippen LogP contribution in [0.2, 0.25) is 0 Å². The Morgan fingerprint density at radius 1 is 0.771 bits per heavy atom. The molecule has 0 spiro atoms. The standard InChI is InChI=1S/C35H32N2O11/c1-13-9-15-23-28-25(34(45)32(15)37-12-21(43)44)17(40)11-19(47-4)26(28)27-18(46-3)10-16(39)24-30(27)29(23)31(22(13)14(2)38)35(48-5)33(24)36-8-6-7-20(41)42/h9-11,22,36-37,45H,6-8,12H2,1-5H3,(H,41,42)(H,43,44). The molecule has 0 bridgehead atoms. The van der Waals surface area contributed by atoms with Gasteiger partial charge in [-0.05, 0) is 25.7 Å². The SMILES string of the molecule is COc1c(NCCCC(=O)O)c2c(=O)cc(OC)c3c4c(OC)cc(=O)c5c(O)c(NCC(=O)O)c6c(c(c1C(C(C)=O)C(C)=C6)c23)c54. The average Bonchev–Trinajstić information content (AvgIpc) is 3.16. The van der Waals surface area contributed by atoms with Crippen LogP contribution in [0.1, 0.15) is 43.7 Å². The largest absolute Gasteiger partial charge is 0.505 e. The van der Waals surface area contributed by atoms with Crippen LogP contribution in [0.25, 0.3) is 49.2 Å². The zero-order valence-electron chi connectivity index (χ0n) is 26.7. The normalized spacial score (nSPS) is 14.0. The number of Topliss-reactive ketones (excluding diaryl/α,β-unsaturated/α-hetero) is 1. The number of nitrogens with one attached hydrogen (secondary N) is 2. The van der Waals surface area contributed by atoms with E-state index in [4.69, 9.17) is 14.2 Å². The lowest BCUT2D eigenvalue weighted by Crippen LogP contribution is -2.17. The molecular weight excluding hydrogens is 624 g/mol. The zero-order valence-corrected chi connectivity index (χ0v) is 26.7. The van der Waals surface area contributed by atoms with E-state index in [-0.39, 0.29) is 70.0 Å². The minimum Gasteiger partial charge on any atom is -0.505 e. The third kappa shape index (κ3) is 4.56. The van der Waals surface area contributed by atoms with Crippen LogP contribution < -0.4 is 35.7 Å². The van der Waals surface area contributed by atoms with Crippen molar-refractivity contribution in [3.8, 4) is 23.0 Å². The fourth-order valence-corrected chi connectivity index (χ4v) is 7.26. The number of rotatable bonds is 12. The number of hydrogen-bond donors (Lipinski definition) is 5. The number of benzene rings is 5. The third-order valence-electron chi connectivity index (χ3n) is 8.97. The maximum absolute atomic E-state index is 14.1. The molecule has 1 atom stereocenters. The summed E-state index contributed by atoms with van der Waals surface area (Å²) < 4.78 is 17.5. The fraction of sp³-hybridized carbons (Fsp3) is 0.286. The minimum atomic E-state index is -1.22. The summed E-state index contributed by atoms with van der Waals surface area (Å²) in [6.07, 6.45) is 1.74.